The number of carbonyl (C=O) groups is 2. The Morgan fingerprint density at radius 2 is 1.96 bits per heavy atom. The van der Waals surface area contributed by atoms with Gasteiger partial charge in [-0.2, -0.15) is 0 Å². The summed E-state index contributed by atoms with van der Waals surface area (Å²) in [5, 5.41) is 12.3. The summed E-state index contributed by atoms with van der Waals surface area (Å²) in [7, 11) is 1.88. The number of amides is 1. The molecule has 0 fully saturated rings. The van der Waals surface area contributed by atoms with E-state index in [1.807, 2.05) is 11.6 Å². The van der Waals surface area contributed by atoms with Gasteiger partial charge in [0.2, 0.25) is 5.91 Å². The molecule has 2 rings (SSSR count). The minimum atomic E-state index is -0.0371. The molecule has 24 heavy (non-hydrogen) atoms. The highest BCUT2D eigenvalue weighted by Gasteiger charge is 2.12. The summed E-state index contributed by atoms with van der Waals surface area (Å²) >= 11 is 7.18. The number of rotatable bonds is 8. The Labute approximate surface area is 150 Å². The van der Waals surface area contributed by atoms with Crippen LogP contribution in [0.15, 0.2) is 29.4 Å². The Morgan fingerprint density at radius 3 is 2.62 bits per heavy atom. The summed E-state index contributed by atoms with van der Waals surface area (Å²) in [6.07, 6.45) is 1.51. The van der Waals surface area contributed by atoms with E-state index in [0.717, 1.165) is 18.7 Å². The van der Waals surface area contributed by atoms with Gasteiger partial charge in [0.1, 0.15) is 5.82 Å². The molecule has 6 nitrogen and oxygen atoms in total. The van der Waals surface area contributed by atoms with Crippen molar-refractivity contribution in [3.05, 3.63) is 40.7 Å². The maximum atomic E-state index is 12.2. The largest absolute Gasteiger partial charge is 0.356 e. The molecule has 0 unspecified atom stereocenters. The van der Waals surface area contributed by atoms with Crippen molar-refractivity contribution in [3.63, 3.8) is 0 Å². The van der Waals surface area contributed by atoms with E-state index < -0.39 is 0 Å². The van der Waals surface area contributed by atoms with Crippen molar-refractivity contribution in [1.29, 1.82) is 0 Å². The molecule has 2 aromatic rings. The molecule has 0 aliphatic carbocycles. The van der Waals surface area contributed by atoms with Crippen molar-refractivity contribution < 1.29 is 9.59 Å². The fraction of sp³-hybridized carbons (Fsp3) is 0.375. The third-order valence-corrected chi connectivity index (χ3v) is 4.65. The summed E-state index contributed by atoms with van der Waals surface area (Å²) in [6.45, 7) is 2.11. The number of thioether (sulfide) groups is 1. The van der Waals surface area contributed by atoms with E-state index in [1.54, 1.807) is 24.3 Å². The summed E-state index contributed by atoms with van der Waals surface area (Å²) in [6, 6.07) is 6.84. The second-order valence-corrected chi connectivity index (χ2v) is 6.64. The zero-order valence-electron chi connectivity index (χ0n) is 13.6. The highest BCUT2D eigenvalue weighted by atomic mass is 35.5. The van der Waals surface area contributed by atoms with Crippen LogP contribution in [0, 0.1) is 0 Å². The van der Waals surface area contributed by atoms with Crippen molar-refractivity contribution in [2.45, 2.75) is 24.9 Å². The van der Waals surface area contributed by atoms with Crippen LogP contribution in [0.5, 0.6) is 0 Å². The maximum Gasteiger partial charge on any atom is 0.216 e. The predicted octanol–water partition coefficient (Wildman–Crippen LogP) is 2.51. The smallest absolute Gasteiger partial charge is 0.216 e. The average molecular weight is 367 g/mol. The third-order valence-electron chi connectivity index (χ3n) is 3.37. The number of ketones is 1. The minimum absolute atomic E-state index is 0.0203. The highest BCUT2D eigenvalue weighted by molar-refractivity contribution is 7.99. The van der Waals surface area contributed by atoms with Crippen molar-refractivity contribution >= 4 is 35.1 Å². The van der Waals surface area contributed by atoms with Gasteiger partial charge in [-0.1, -0.05) is 23.4 Å². The Bertz CT molecular complexity index is 715. The molecule has 0 atom stereocenters. The van der Waals surface area contributed by atoms with Crippen molar-refractivity contribution in [1.82, 2.24) is 20.1 Å². The van der Waals surface area contributed by atoms with Crippen LogP contribution < -0.4 is 5.32 Å². The monoisotopic (exact) mass is 366 g/mol. The first-order valence-electron chi connectivity index (χ1n) is 7.51. The zero-order valence-corrected chi connectivity index (χ0v) is 15.2. The van der Waals surface area contributed by atoms with E-state index in [4.69, 9.17) is 11.6 Å². The lowest BCUT2D eigenvalue weighted by Crippen LogP contribution is -2.21. The van der Waals surface area contributed by atoms with Crippen LogP contribution in [0.4, 0.5) is 0 Å². The number of aryl methyl sites for hydroxylation is 1. The van der Waals surface area contributed by atoms with Crippen molar-refractivity contribution in [2.75, 3.05) is 12.3 Å². The molecule has 1 amide bonds. The van der Waals surface area contributed by atoms with Crippen LogP contribution in [-0.2, 0) is 18.3 Å². The normalized spacial score (nSPS) is 10.6. The second kappa shape index (κ2) is 8.84. The summed E-state index contributed by atoms with van der Waals surface area (Å²) < 4.78 is 1.88. The van der Waals surface area contributed by atoms with Gasteiger partial charge in [0.25, 0.3) is 0 Å². The van der Waals surface area contributed by atoms with Gasteiger partial charge in [-0.3, -0.25) is 9.59 Å². The molecule has 1 aromatic carbocycles. The van der Waals surface area contributed by atoms with E-state index in [9.17, 15) is 9.59 Å². The number of hydrogen-bond acceptors (Lipinski definition) is 5. The topological polar surface area (TPSA) is 76.9 Å². The molecule has 0 aliphatic rings. The van der Waals surface area contributed by atoms with Crippen LogP contribution in [-0.4, -0.2) is 38.8 Å². The van der Waals surface area contributed by atoms with E-state index >= 15 is 0 Å². The minimum Gasteiger partial charge on any atom is -0.356 e. The first kappa shape index (κ1) is 18.5. The summed E-state index contributed by atoms with van der Waals surface area (Å²) in [5.41, 5.74) is 0.629. The van der Waals surface area contributed by atoms with Gasteiger partial charge in [0.15, 0.2) is 10.9 Å². The van der Waals surface area contributed by atoms with Gasteiger partial charge < -0.3 is 9.88 Å². The number of nitrogens with one attached hydrogen (secondary N) is 1. The standard InChI is InChI=1S/C16H19ClN4O2S/c1-11(22)18-9-3-4-15-19-20-16(21(15)2)24-10-14(23)12-5-7-13(17)8-6-12/h5-8H,3-4,9-10H2,1-2H3,(H,18,22). The first-order chi connectivity index (χ1) is 11.5. The number of hydrogen-bond donors (Lipinski definition) is 1. The second-order valence-electron chi connectivity index (χ2n) is 5.26. The molecule has 0 saturated heterocycles. The first-order valence-corrected chi connectivity index (χ1v) is 8.88. The molecule has 0 saturated carbocycles. The Kier molecular flexibility index (Phi) is 6.81. The Balaban J connectivity index is 1.85. The summed E-state index contributed by atoms with van der Waals surface area (Å²) in [5.74, 6) is 1.11. The molecular formula is C16H19ClN4O2S. The quantitative estimate of drug-likeness (QED) is 0.441. The highest BCUT2D eigenvalue weighted by Crippen LogP contribution is 2.18. The van der Waals surface area contributed by atoms with Crippen LogP contribution in [0.25, 0.3) is 0 Å². The lowest BCUT2D eigenvalue weighted by Gasteiger charge is -2.04. The van der Waals surface area contributed by atoms with Crippen molar-refractivity contribution in [2.24, 2.45) is 7.05 Å². The van der Waals surface area contributed by atoms with Gasteiger partial charge in [-0.15, -0.1) is 10.2 Å². The molecule has 8 heteroatoms. The average Bonchev–Trinajstić information content (AvgIpc) is 2.90. The van der Waals surface area contributed by atoms with E-state index in [1.165, 1.54) is 18.7 Å². The number of benzene rings is 1. The molecular weight excluding hydrogens is 348 g/mol. The molecule has 0 aliphatic heterocycles. The fourth-order valence-electron chi connectivity index (χ4n) is 2.05. The van der Waals surface area contributed by atoms with Gasteiger partial charge in [-0.05, 0) is 30.7 Å². The van der Waals surface area contributed by atoms with Crippen LogP contribution >= 0.6 is 23.4 Å². The fourth-order valence-corrected chi connectivity index (χ4v) is 3.00. The van der Waals surface area contributed by atoms with Crippen LogP contribution in [0.1, 0.15) is 29.5 Å². The number of Topliss-reactive ketones (excluding diaryl/α,β-unsaturated/α-hetero) is 1. The lowest BCUT2D eigenvalue weighted by molar-refractivity contribution is -0.118. The van der Waals surface area contributed by atoms with E-state index in [-0.39, 0.29) is 11.7 Å². The third kappa shape index (κ3) is 5.35. The van der Waals surface area contributed by atoms with Gasteiger partial charge in [0, 0.05) is 37.5 Å². The van der Waals surface area contributed by atoms with Gasteiger partial charge >= 0.3 is 0 Å². The maximum absolute atomic E-state index is 12.2. The molecule has 1 N–H and O–H groups in total. The number of nitrogens with zero attached hydrogens (tertiary/aromatic N) is 3. The van der Waals surface area contributed by atoms with Gasteiger partial charge in [0.05, 0.1) is 5.75 Å². The van der Waals surface area contributed by atoms with Gasteiger partial charge in [-0.25, -0.2) is 0 Å². The SMILES string of the molecule is CC(=O)NCCCc1nnc(SCC(=O)c2ccc(Cl)cc2)n1C. The van der Waals surface area contributed by atoms with Crippen LogP contribution in [0.3, 0.4) is 0 Å². The summed E-state index contributed by atoms with van der Waals surface area (Å²) in [4.78, 5) is 23.0. The Hall–Kier alpha value is -1.86. The predicted molar refractivity (Wildman–Crippen MR) is 94.5 cm³/mol. The zero-order chi connectivity index (χ0) is 17.5. The molecule has 0 spiro atoms. The van der Waals surface area contributed by atoms with E-state index in [2.05, 4.69) is 15.5 Å². The Morgan fingerprint density at radius 1 is 1.25 bits per heavy atom. The van der Waals surface area contributed by atoms with Crippen molar-refractivity contribution in [3.8, 4) is 0 Å². The molecule has 0 radical (unpaired) electrons. The van der Waals surface area contributed by atoms with E-state index in [0.29, 0.717) is 28.0 Å². The number of carbonyl (C=O) groups excluding carboxylic acids is 2. The lowest BCUT2D eigenvalue weighted by atomic mass is 10.1. The molecule has 0 bridgehead atoms. The number of aromatic nitrogens is 3. The molecule has 1 aromatic heterocycles. The molecule has 1 heterocycles. The number of halogens is 1. The van der Waals surface area contributed by atoms with Crippen LogP contribution in [0.2, 0.25) is 5.02 Å². The molecule has 128 valence electrons.